The quantitative estimate of drug-likeness (QED) is 0.344. The zero-order valence-corrected chi connectivity index (χ0v) is 24.2. The van der Waals surface area contributed by atoms with E-state index < -0.39 is 11.6 Å². The van der Waals surface area contributed by atoms with Crippen molar-refractivity contribution in [1.82, 2.24) is 10.2 Å². The molecule has 0 aliphatic carbocycles. The summed E-state index contributed by atoms with van der Waals surface area (Å²) in [6.07, 6.45) is 1.43. The first-order chi connectivity index (χ1) is 17.8. The van der Waals surface area contributed by atoms with E-state index in [0.29, 0.717) is 25.8 Å². The van der Waals surface area contributed by atoms with Crippen LogP contribution in [-0.4, -0.2) is 28.3 Å². The molecule has 3 aromatic carbocycles. The molecule has 0 bridgehead atoms. The van der Waals surface area contributed by atoms with Crippen LogP contribution in [0.5, 0.6) is 0 Å². The van der Waals surface area contributed by atoms with Crippen LogP contribution in [-0.2, 0) is 34.4 Å². The molecule has 4 nitrogen and oxygen atoms in total. The zero-order valence-electron chi connectivity index (χ0n) is 24.2. The predicted octanol–water partition coefficient (Wildman–Crippen LogP) is 6.78. The predicted molar refractivity (Wildman–Crippen MR) is 157 cm³/mol. The maximum Gasteiger partial charge on any atom is 0.243 e. The third-order valence-electron chi connectivity index (χ3n) is 6.82. The van der Waals surface area contributed by atoms with E-state index in [1.165, 1.54) is 5.56 Å². The van der Waals surface area contributed by atoms with Gasteiger partial charge in [0.15, 0.2) is 0 Å². The molecule has 0 saturated heterocycles. The minimum absolute atomic E-state index is 0.0156. The number of carbonyl (C=O) groups excluding carboxylic acids is 2. The number of amides is 2. The van der Waals surface area contributed by atoms with Gasteiger partial charge in [0.2, 0.25) is 11.8 Å². The monoisotopic (exact) mass is 512 g/mol. The molecule has 3 rings (SSSR count). The van der Waals surface area contributed by atoms with Crippen molar-refractivity contribution in [3.63, 3.8) is 0 Å². The number of carbonyl (C=O) groups is 2. The summed E-state index contributed by atoms with van der Waals surface area (Å²) in [5, 5.41) is 3.14. The van der Waals surface area contributed by atoms with Gasteiger partial charge in [-0.1, -0.05) is 99.6 Å². The standard InChI is InChI=1S/C34H44N2O2/c1-25-13-11-12-16-28(25)24-36(31(37)22-19-26-17-20-29(21-18-26)33(2,3)4)30(32(38)35-34(5,6)7)23-27-14-9-8-10-15-27/h8-18,20-21,30H,19,22-24H2,1-7H3,(H,35,38)/t30-/m0/s1. The Balaban J connectivity index is 1.91. The molecule has 0 aromatic heterocycles. The van der Waals surface area contributed by atoms with E-state index in [-0.39, 0.29) is 17.2 Å². The molecule has 0 unspecified atom stereocenters. The fourth-order valence-corrected chi connectivity index (χ4v) is 4.54. The molecule has 2 amide bonds. The molecular formula is C34H44N2O2. The molecule has 0 spiro atoms. The van der Waals surface area contributed by atoms with Crippen molar-refractivity contribution in [3.8, 4) is 0 Å². The number of nitrogens with one attached hydrogen (secondary N) is 1. The Hall–Kier alpha value is -3.40. The lowest BCUT2D eigenvalue weighted by Gasteiger charge is -2.34. The summed E-state index contributed by atoms with van der Waals surface area (Å²) < 4.78 is 0. The first-order valence-electron chi connectivity index (χ1n) is 13.6. The van der Waals surface area contributed by atoms with Gasteiger partial charge in [0.25, 0.3) is 0 Å². The van der Waals surface area contributed by atoms with Crippen molar-refractivity contribution in [1.29, 1.82) is 0 Å². The second-order valence-corrected chi connectivity index (χ2v) is 12.3. The van der Waals surface area contributed by atoms with Crippen LogP contribution in [0.4, 0.5) is 0 Å². The molecule has 1 N–H and O–H groups in total. The molecule has 0 aliphatic heterocycles. The van der Waals surface area contributed by atoms with Gasteiger partial charge in [0, 0.05) is 24.9 Å². The number of rotatable bonds is 9. The summed E-state index contributed by atoms with van der Waals surface area (Å²) in [6.45, 7) is 15.0. The molecule has 0 aliphatic rings. The van der Waals surface area contributed by atoms with Crippen molar-refractivity contribution >= 4 is 11.8 Å². The van der Waals surface area contributed by atoms with Crippen molar-refractivity contribution in [2.75, 3.05) is 0 Å². The van der Waals surface area contributed by atoms with E-state index >= 15 is 0 Å². The molecule has 38 heavy (non-hydrogen) atoms. The summed E-state index contributed by atoms with van der Waals surface area (Å²) in [6, 6.07) is 26.0. The third kappa shape index (κ3) is 8.58. The molecule has 4 heteroatoms. The van der Waals surface area contributed by atoms with Crippen molar-refractivity contribution < 1.29 is 9.59 Å². The lowest BCUT2D eigenvalue weighted by molar-refractivity contribution is -0.141. The molecule has 3 aromatic rings. The van der Waals surface area contributed by atoms with Gasteiger partial charge < -0.3 is 10.2 Å². The number of hydrogen-bond acceptors (Lipinski definition) is 2. The second-order valence-electron chi connectivity index (χ2n) is 12.3. The van der Waals surface area contributed by atoms with Gasteiger partial charge in [0.1, 0.15) is 6.04 Å². The normalized spacial score (nSPS) is 12.6. The van der Waals surface area contributed by atoms with Crippen molar-refractivity contribution in [3.05, 3.63) is 107 Å². The molecule has 0 saturated carbocycles. The Morgan fingerprint density at radius 3 is 1.97 bits per heavy atom. The topological polar surface area (TPSA) is 49.4 Å². The van der Waals surface area contributed by atoms with E-state index in [1.54, 1.807) is 4.90 Å². The highest BCUT2D eigenvalue weighted by atomic mass is 16.2. The SMILES string of the molecule is Cc1ccccc1CN(C(=O)CCc1ccc(C(C)(C)C)cc1)[C@@H](Cc1ccccc1)C(=O)NC(C)(C)C. The number of benzene rings is 3. The first kappa shape index (κ1) is 29.2. The largest absolute Gasteiger partial charge is 0.350 e. The van der Waals surface area contributed by atoms with Gasteiger partial charge in [-0.15, -0.1) is 0 Å². The van der Waals surface area contributed by atoms with Gasteiger partial charge in [0.05, 0.1) is 0 Å². The van der Waals surface area contributed by atoms with Crippen molar-refractivity contribution in [2.45, 2.75) is 91.3 Å². The summed E-state index contributed by atoms with van der Waals surface area (Å²) in [4.78, 5) is 29.4. The lowest BCUT2D eigenvalue weighted by Crippen LogP contribution is -2.54. The fourth-order valence-electron chi connectivity index (χ4n) is 4.54. The fraction of sp³-hybridized carbons (Fsp3) is 0.412. The smallest absolute Gasteiger partial charge is 0.243 e. The van der Waals surface area contributed by atoms with Crippen LogP contribution in [0.15, 0.2) is 78.9 Å². The zero-order chi connectivity index (χ0) is 27.9. The van der Waals surface area contributed by atoms with E-state index in [9.17, 15) is 9.59 Å². The average Bonchev–Trinajstić information content (AvgIpc) is 2.85. The Kier molecular flexibility index (Phi) is 9.54. The van der Waals surface area contributed by atoms with Crippen LogP contribution >= 0.6 is 0 Å². The van der Waals surface area contributed by atoms with E-state index in [2.05, 4.69) is 63.3 Å². The van der Waals surface area contributed by atoms with Crippen LogP contribution in [0, 0.1) is 6.92 Å². The lowest BCUT2D eigenvalue weighted by atomic mass is 9.86. The van der Waals surface area contributed by atoms with Gasteiger partial charge in [-0.3, -0.25) is 9.59 Å². The van der Waals surface area contributed by atoms with E-state index in [1.807, 2.05) is 69.3 Å². The van der Waals surface area contributed by atoms with Crippen LogP contribution in [0.2, 0.25) is 0 Å². The Morgan fingerprint density at radius 2 is 1.39 bits per heavy atom. The Morgan fingerprint density at radius 1 is 0.789 bits per heavy atom. The third-order valence-corrected chi connectivity index (χ3v) is 6.82. The molecule has 0 fully saturated rings. The highest BCUT2D eigenvalue weighted by Crippen LogP contribution is 2.23. The number of hydrogen-bond donors (Lipinski definition) is 1. The van der Waals surface area contributed by atoms with E-state index in [4.69, 9.17) is 0 Å². The summed E-state index contributed by atoms with van der Waals surface area (Å²) in [7, 11) is 0. The van der Waals surface area contributed by atoms with Gasteiger partial charge in [-0.2, -0.15) is 0 Å². The van der Waals surface area contributed by atoms with Gasteiger partial charge in [-0.25, -0.2) is 0 Å². The highest BCUT2D eigenvalue weighted by molar-refractivity contribution is 5.88. The van der Waals surface area contributed by atoms with Crippen LogP contribution in [0.1, 0.15) is 75.8 Å². The molecule has 0 radical (unpaired) electrons. The summed E-state index contributed by atoms with van der Waals surface area (Å²) in [5.74, 6) is -0.143. The minimum Gasteiger partial charge on any atom is -0.350 e. The maximum atomic E-state index is 13.9. The average molecular weight is 513 g/mol. The van der Waals surface area contributed by atoms with Crippen LogP contribution in [0.3, 0.4) is 0 Å². The molecule has 202 valence electrons. The second kappa shape index (κ2) is 12.4. The molecular weight excluding hydrogens is 468 g/mol. The molecule has 1 atom stereocenters. The van der Waals surface area contributed by atoms with Crippen LogP contribution < -0.4 is 5.32 Å². The number of nitrogens with zero attached hydrogens (tertiary/aromatic N) is 1. The number of aryl methyl sites for hydroxylation is 2. The Labute approximate surface area is 229 Å². The minimum atomic E-state index is -0.619. The van der Waals surface area contributed by atoms with Gasteiger partial charge >= 0.3 is 0 Å². The summed E-state index contributed by atoms with van der Waals surface area (Å²) >= 11 is 0. The summed E-state index contributed by atoms with van der Waals surface area (Å²) in [5.41, 5.74) is 5.27. The maximum absolute atomic E-state index is 13.9. The Bertz CT molecular complexity index is 1200. The van der Waals surface area contributed by atoms with Crippen molar-refractivity contribution in [2.24, 2.45) is 0 Å². The highest BCUT2D eigenvalue weighted by Gasteiger charge is 2.32. The first-order valence-corrected chi connectivity index (χ1v) is 13.6. The molecule has 0 heterocycles. The van der Waals surface area contributed by atoms with Crippen LogP contribution in [0.25, 0.3) is 0 Å². The van der Waals surface area contributed by atoms with E-state index in [0.717, 1.165) is 22.3 Å². The van der Waals surface area contributed by atoms with Gasteiger partial charge in [-0.05, 0) is 67.3 Å².